The molecule has 0 aliphatic carbocycles. The summed E-state index contributed by atoms with van der Waals surface area (Å²) in [6.07, 6.45) is 1.78. The van der Waals surface area contributed by atoms with Crippen molar-refractivity contribution in [1.29, 1.82) is 5.41 Å². The van der Waals surface area contributed by atoms with Gasteiger partial charge in [-0.1, -0.05) is 0 Å². The maximum absolute atomic E-state index is 12.5. The minimum absolute atomic E-state index is 0.176. The number of methoxy groups -OCH3 is 3. The van der Waals surface area contributed by atoms with Crippen LogP contribution in [-0.4, -0.2) is 43.0 Å². The smallest absolute Gasteiger partial charge is 0.258 e. The summed E-state index contributed by atoms with van der Waals surface area (Å²) in [5.41, 5.74) is 8.24. The predicted octanol–water partition coefficient (Wildman–Crippen LogP) is -0.572. The maximum atomic E-state index is 12.5. The number of benzene rings is 1. The quantitative estimate of drug-likeness (QED) is 0.619. The zero-order valence-electron chi connectivity index (χ0n) is 16.2. The number of hydrogen-bond acceptors (Lipinski definition) is 7. The highest BCUT2D eigenvalue weighted by atomic mass is 16.5. The van der Waals surface area contributed by atoms with Crippen LogP contribution in [-0.2, 0) is 13.1 Å². The van der Waals surface area contributed by atoms with Gasteiger partial charge in [-0.25, -0.2) is 0 Å². The number of hydrogen-bond donors (Lipinski definition) is 3. The lowest BCUT2D eigenvalue weighted by Gasteiger charge is -2.19. The maximum Gasteiger partial charge on any atom is 0.258 e. The fraction of sp³-hybridized carbons (Fsp3) is 0.263. The molecule has 0 atom stereocenters. The van der Waals surface area contributed by atoms with Crippen molar-refractivity contribution in [1.82, 2.24) is 9.88 Å². The zero-order valence-corrected chi connectivity index (χ0v) is 16.2. The second-order valence-electron chi connectivity index (χ2n) is 6.57. The molecule has 0 fully saturated rings. The molecule has 10 nitrogen and oxygen atoms in total. The number of H-pyrrole nitrogens is 1. The van der Waals surface area contributed by atoms with E-state index >= 15 is 0 Å². The molecule has 0 saturated heterocycles. The Bertz CT molecular complexity index is 1210. The first kappa shape index (κ1) is 18.5. The van der Waals surface area contributed by atoms with Crippen LogP contribution in [0.3, 0.4) is 0 Å². The van der Waals surface area contributed by atoms with Crippen LogP contribution < -0.4 is 36.2 Å². The second-order valence-corrected chi connectivity index (χ2v) is 6.57. The summed E-state index contributed by atoms with van der Waals surface area (Å²) in [5.74, 6) is 1.58. The Hall–Kier alpha value is -3.82. The van der Waals surface area contributed by atoms with Crippen LogP contribution in [0.25, 0.3) is 6.20 Å². The first-order valence-corrected chi connectivity index (χ1v) is 8.77. The van der Waals surface area contributed by atoms with Crippen LogP contribution in [0.2, 0.25) is 0 Å². The molecule has 0 spiro atoms. The molecule has 2 aliphatic rings. The lowest BCUT2D eigenvalue weighted by Crippen LogP contribution is -2.43. The van der Waals surface area contributed by atoms with E-state index < -0.39 is 0 Å². The number of aromatic nitrogens is 1. The minimum Gasteiger partial charge on any atom is -0.493 e. The topological polar surface area (TPSA) is 138 Å². The molecular weight excluding hydrogens is 376 g/mol. The summed E-state index contributed by atoms with van der Waals surface area (Å²) >= 11 is 0. The van der Waals surface area contributed by atoms with Crippen molar-refractivity contribution in [3.05, 3.63) is 49.9 Å². The molecule has 0 radical (unpaired) electrons. The normalized spacial score (nSPS) is 14.4. The van der Waals surface area contributed by atoms with Gasteiger partial charge in [-0.2, -0.15) is 9.98 Å². The van der Waals surface area contributed by atoms with E-state index in [0.29, 0.717) is 41.1 Å². The molecule has 1 aromatic carbocycles. The summed E-state index contributed by atoms with van der Waals surface area (Å²) in [5, 5.41) is 8.12. The number of rotatable bonds is 5. The number of aliphatic imine (C=N–C) groups is 1. The third kappa shape index (κ3) is 3.08. The Morgan fingerprint density at radius 3 is 2.48 bits per heavy atom. The van der Waals surface area contributed by atoms with Gasteiger partial charge in [0.05, 0.1) is 32.1 Å². The summed E-state index contributed by atoms with van der Waals surface area (Å²) < 4.78 is 16.2. The first-order valence-electron chi connectivity index (χ1n) is 8.77. The van der Waals surface area contributed by atoms with E-state index in [-0.39, 0.29) is 22.8 Å². The van der Waals surface area contributed by atoms with Crippen molar-refractivity contribution in [2.24, 2.45) is 15.7 Å². The van der Waals surface area contributed by atoms with Gasteiger partial charge < -0.3 is 29.8 Å². The van der Waals surface area contributed by atoms with Gasteiger partial charge in [-0.15, -0.1) is 0 Å². The monoisotopic (exact) mass is 396 g/mol. The van der Waals surface area contributed by atoms with E-state index in [4.69, 9.17) is 25.4 Å². The summed E-state index contributed by atoms with van der Waals surface area (Å²) in [6.45, 7) is 0.959. The van der Waals surface area contributed by atoms with Crippen molar-refractivity contribution in [2.45, 2.75) is 13.1 Å². The third-order valence-corrected chi connectivity index (χ3v) is 4.82. The second kappa shape index (κ2) is 6.97. The molecule has 3 heterocycles. The molecule has 0 saturated carbocycles. The lowest BCUT2D eigenvalue weighted by atomic mass is 10.1. The Morgan fingerprint density at radius 2 is 1.86 bits per heavy atom. The van der Waals surface area contributed by atoms with Crippen LogP contribution >= 0.6 is 0 Å². The molecule has 4 rings (SSSR count). The molecule has 29 heavy (non-hydrogen) atoms. The SMILES string of the molecule is COc1cc(CN2C=c3c(c4c([nH]c3=O)=NC(=N)N=C4N)C2)cc(OC)c1OC. The van der Waals surface area contributed by atoms with Gasteiger partial charge in [0.25, 0.3) is 5.56 Å². The number of nitrogens with two attached hydrogens (primary N) is 1. The van der Waals surface area contributed by atoms with E-state index in [1.54, 1.807) is 27.5 Å². The van der Waals surface area contributed by atoms with Gasteiger partial charge in [-0.05, 0) is 17.7 Å². The van der Waals surface area contributed by atoms with Crippen molar-refractivity contribution in [3.8, 4) is 17.2 Å². The third-order valence-electron chi connectivity index (χ3n) is 4.82. The number of ether oxygens (including phenoxy) is 3. The first-order chi connectivity index (χ1) is 13.9. The average Bonchev–Trinajstić information content (AvgIpc) is 3.10. The molecule has 1 aromatic heterocycles. The number of pyridine rings is 1. The number of aromatic amines is 1. The van der Waals surface area contributed by atoms with E-state index in [9.17, 15) is 4.79 Å². The number of nitrogens with one attached hydrogen (secondary N) is 2. The highest BCUT2D eigenvalue weighted by Gasteiger charge is 2.24. The van der Waals surface area contributed by atoms with Crippen LogP contribution in [0.5, 0.6) is 17.2 Å². The van der Waals surface area contributed by atoms with Crippen LogP contribution in [0.4, 0.5) is 0 Å². The van der Waals surface area contributed by atoms with E-state index in [0.717, 1.165) is 11.1 Å². The Labute approximate surface area is 165 Å². The summed E-state index contributed by atoms with van der Waals surface area (Å²) in [4.78, 5) is 25.1. The molecule has 10 heteroatoms. The zero-order chi connectivity index (χ0) is 20.7. The number of nitrogens with zero attached hydrogens (tertiary/aromatic N) is 3. The van der Waals surface area contributed by atoms with Crippen LogP contribution in [0.1, 0.15) is 16.7 Å². The fourth-order valence-electron chi connectivity index (χ4n) is 3.61. The highest BCUT2D eigenvalue weighted by molar-refractivity contribution is 6.07. The minimum atomic E-state index is -0.280. The predicted molar refractivity (Wildman–Crippen MR) is 106 cm³/mol. The highest BCUT2D eigenvalue weighted by Crippen LogP contribution is 2.38. The molecule has 2 aromatic rings. The van der Waals surface area contributed by atoms with Crippen LogP contribution in [0, 0.1) is 5.41 Å². The van der Waals surface area contributed by atoms with Gasteiger partial charge >= 0.3 is 0 Å². The number of guanidine groups is 1. The van der Waals surface area contributed by atoms with E-state index in [1.807, 2.05) is 17.0 Å². The summed E-state index contributed by atoms with van der Waals surface area (Å²) in [7, 11) is 4.68. The van der Waals surface area contributed by atoms with Gasteiger partial charge in [0.1, 0.15) is 11.3 Å². The molecular formula is C19H20N6O4. The summed E-state index contributed by atoms with van der Waals surface area (Å²) in [6, 6.07) is 3.73. The standard InChI is InChI=1S/C19H20N6O4/c1-27-12-4-9(5-13(28-2)15(12)29-3)6-25-7-10-11(8-25)18(26)23-17-14(10)16(20)22-19(21)24-17/h4-5,8H,6-7H2,1-3H3,(H4,20,21,22,23,24,26). The van der Waals surface area contributed by atoms with Gasteiger partial charge in [0.15, 0.2) is 11.5 Å². The van der Waals surface area contributed by atoms with E-state index in [1.165, 1.54) is 0 Å². The number of amidine groups is 1. The van der Waals surface area contributed by atoms with Crippen molar-refractivity contribution in [2.75, 3.05) is 21.3 Å². The largest absolute Gasteiger partial charge is 0.493 e. The van der Waals surface area contributed by atoms with Gasteiger partial charge in [-0.3, -0.25) is 10.2 Å². The van der Waals surface area contributed by atoms with Crippen molar-refractivity contribution >= 4 is 18.0 Å². The molecule has 0 unspecified atom stereocenters. The molecule has 0 bridgehead atoms. The fourth-order valence-corrected chi connectivity index (χ4v) is 3.61. The number of fused-ring (bicyclic) bond motifs is 3. The molecule has 2 aliphatic heterocycles. The van der Waals surface area contributed by atoms with Crippen molar-refractivity contribution in [3.63, 3.8) is 0 Å². The van der Waals surface area contributed by atoms with Gasteiger partial charge in [0, 0.05) is 24.9 Å². The Kier molecular flexibility index (Phi) is 4.45. The Morgan fingerprint density at radius 1 is 1.17 bits per heavy atom. The van der Waals surface area contributed by atoms with E-state index in [2.05, 4.69) is 15.0 Å². The average molecular weight is 396 g/mol. The molecule has 4 N–H and O–H groups in total. The van der Waals surface area contributed by atoms with Crippen molar-refractivity contribution < 1.29 is 14.2 Å². The van der Waals surface area contributed by atoms with Gasteiger partial charge in [0.2, 0.25) is 11.7 Å². The molecule has 150 valence electrons. The van der Waals surface area contributed by atoms with Crippen LogP contribution in [0.15, 0.2) is 26.9 Å². The Balaban J connectivity index is 1.72. The molecule has 0 amide bonds. The lowest BCUT2D eigenvalue weighted by molar-refractivity contribution is 0.322.